The average molecular weight is 292 g/mol. The lowest BCUT2D eigenvalue weighted by Crippen LogP contribution is -1.96. The zero-order valence-electron chi connectivity index (χ0n) is 9.93. The Kier molecular flexibility index (Phi) is 3.82. The summed E-state index contributed by atoms with van der Waals surface area (Å²) in [5.74, 6) is -0.600. The van der Waals surface area contributed by atoms with Crippen molar-refractivity contribution in [3.8, 4) is 6.07 Å². The van der Waals surface area contributed by atoms with Crippen LogP contribution in [0.1, 0.15) is 5.56 Å². The van der Waals surface area contributed by atoms with Crippen molar-refractivity contribution >= 4 is 28.7 Å². The van der Waals surface area contributed by atoms with Gasteiger partial charge in [0.1, 0.15) is 11.9 Å². The van der Waals surface area contributed by atoms with Gasteiger partial charge >= 0.3 is 0 Å². The van der Waals surface area contributed by atoms with Gasteiger partial charge in [-0.1, -0.05) is 11.6 Å². The van der Waals surface area contributed by atoms with Crippen molar-refractivity contribution < 1.29 is 9.31 Å². The Morgan fingerprint density at radius 2 is 2.05 bits per heavy atom. The van der Waals surface area contributed by atoms with Gasteiger partial charge in [-0.25, -0.2) is 4.39 Å². The fourth-order valence-corrected chi connectivity index (χ4v) is 1.69. The molecule has 0 unspecified atom stereocenters. The number of nitrogens with zero attached hydrogens (tertiary/aromatic N) is 2. The highest BCUT2D eigenvalue weighted by Gasteiger charge is 2.11. The van der Waals surface area contributed by atoms with Gasteiger partial charge in [0.2, 0.25) is 0 Å². The van der Waals surface area contributed by atoms with E-state index in [4.69, 9.17) is 16.9 Å². The minimum absolute atomic E-state index is 0.0141. The van der Waals surface area contributed by atoms with E-state index in [1.54, 1.807) is 0 Å². The zero-order chi connectivity index (χ0) is 14.7. The monoisotopic (exact) mass is 291 g/mol. The fraction of sp³-hybridized carbons (Fsp3) is 0. The molecule has 2 rings (SSSR count). The number of benzene rings is 2. The Bertz CT molecular complexity index is 728. The molecule has 0 heterocycles. The number of hydrogen-bond donors (Lipinski definition) is 1. The third-order valence-corrected chi connectivity index (χ3v) is 2.84. The van der Waals surface area contributed by atoms with Crippen LogP contribution in [0.5, 0.6) is 0 Å². The largest absolute Gasteiger partial charge is 0.354 e. The summed E-state index contributed by atoms with van der Waals surface area (Å²) < 4.78 is 13.3. The van der Waals surface area contributed by atoms with Gasteiger partial charge in [0.05, 0.1) is 21.2 Å². The second kappa shape index (κ2) is 5.55. The second-order valence-corrected chi connectivity index (χ2v) is 4.26. The predicted octanol–water partition coefficient (Wildman–Crippen LogP) is 4.00. The van der Waals surface area contributed by atoms with Crippen LogP contribution in [0.2, 0.25) is 5.02 Å². The Morgan fingerprint density at radius 3 is 2.65 bits per heavy atom. The Labute approximate surface area is 118 Å². The van der Waals surface area contributed by atoms with Crippen LogP contribution in [-0.2, 0) is 0 Å². The molecule has 0 spiro atoms. The molecule has 0 saturated carbocycles. The molecule has 1 N–H and O–H groups in total. The third-order valence-electron chi connectivity index (χ3n) is 2.53. The van der Waals surface area contributed by atoms with Crippen molar-refractivity contribution in [3.63, 3.8) is 0 Å². The molecule has 20 heavy (non-hydrogen) atoms. The molecule has 0 radical (unpaired) electrons. The lowest BCUT2D eigenvalue weighted by atomic mass is 10.1. The van der Waals surface area contributed by atoms with E-state index in [0.717, 1.165) is 6.07 Å². The number of hydrogen-bond acceptors (Lipinski definition) is 4. The summed E-state index contributed by atoms with van der Waals surface area (Å²) in [6, 6.07) is 9.73. The predicted molar refractivity (Wildman–Crippen MR) is 72.5 cm³/mol. The number of nitro benzene ring substituents is 1. The van der Waals surface area contributed by atoms with E-state index >= 15 is 0 Å². The summed E-state index contributed by atoms with van der Waals surface area (Å²) in [6.45, 7) is 0. The number of nitriles is 1. The van der Waals surface area contributed by atoms with E-state index in [0.29, 0.717) is 11.4 Å². The van der Waals surface area contributed by atoms with Gasteiger partial charge < -0.3 is 5.32 Å². The van der Waals surface area contributed by atoms with E-state index in [2.05, 4.69) is 5.32 Å². The molecule has 0 saturated heterocycles. The highest BCUT2D eigenvalue weighted by molar-refractivity contribution is 6.30. The van der Waals surface area contributed by atoms with Crippen LogP contribution < -0.4 is 5.32 Å². The first kappa shape index (κ1) is 13.8. The van der Waals surface area contributed by atoms with Gasteiger partial charge in [-0.3, -0.25) is 10.1 Å². The molecule has 0 aliphatic rings. The van der Waals surface area contributed by atoms with E-state index in [1.165, 1.54) is 30.3 Å². The topological polar surface area (TPSA) is 79.0 Å². The van der Waals surface area contributed by atoms with Crippen LogP contribution >= 0.6 is 11.6 Å². The highest BCUT2D eigenvalue weighted by atomic mass is 35.5. The van der Waals surface area contributed by atoms with Crippen LogP contribution in [0.3, 0.4) is 0 Å². The van der Waals surface area contributed by atoms with Crippen LogP contribution in [0, 0.1) is 27.3 Å². The molecular formula is C13H7ClFN3O2. The minimum Gasteiger partial charge on any atom is -0.354 e. The molecule has 2 aromatic rings. The number of rotatable bonds is 3. The SMILES string of the molecule is N#Cc1cc([N+](=O)[O-])ccc1Nc1ccc(Cl)c(F)c1. The van der Waals surface area contributed by atoms with Crippen molar-refractivity contribution in [1.29, 1.82) is 5.26 Å². The normalized spacial score (nSPS) is 9.85. The van der Waals surface area contributed by atoms with Crippen LogP contribution in [-0.4, -0.2) is 4.92 Å². The maximum absolute atomic E-state index is 13.3. The Balaban J connectivity index is 2.36. The lowest BCUT2D eigenvalue weighted by molar-refractivity contribution is -0.384. The molecule has 0 amide bonds. The minimum atomic E-state index is -0.600. The molecule has 0 fully saturated rings. The molecule has 0 bridgehead atoms. The molecular weight excluding hydrogens is 285 g/mol. The highest BCUT2D eigenvalue weighted by Crippen LogP contribution is 2.26. The first-order chi connectivity index (χ1) is 9.51. The number of non-ortho nitro benzene ring substituents is 1. The molecule has 0 aliphatic carbocycles. The first-order valence-corrected chi connectivity index (χ1v) is 5.79. The summed E-state index contributed by atoms with van der Waals surface area (Å²) in [7, 11) is 0. The Morgan fingerprint density at radius 1 is 1.30 bits per heavy atom. The lowest BCUT2D eigenvalue weighted by Gasteiger charge is -2.08. The molecule has 100 valence electrons. The smallest absolute Gasteiger partial charge is 0.270 e. The van der Waals surface area contributed by atoms with Gasteiger partial charge in [-0.05, 0) is 24.3 Å². The zero-order valence-corrected chi connectivity index (χ0v) is 10.7. The maximum atomic E-state index is 13.3. The standard InChI is InChI=1S/C13H7ClFN3O2/c14-11-3-1-9(6-12(11)15)17-13-4-2-10(18(19)20)5-8(13)7-16/h1-6,17H. The number of halogens is 2. The van der Waals surface area contributed by atoms with Gasteiger partial charge in [-0.2, -0.15) is 5.26 Å². The summed E-state index contributed by atoms with van der Waals surface area (Å²) >= 11 is 5.57. The van der Waals surface area contributed by atoms with Crippen LogP contribution in [0.25, 0.3) is 0 Å². The molecule has 0 atom stereocenters. The van der Waals surface area contributed by atoms with Crippen molar-refractivity contribution in [1.82, 2.24) is 0 Å². The van der Waals surface area contributed by atoms with Gasteiger partial charge in [0.25, 0.3) is 5.69 Å². The van der Waals surface area contributed by atoms with Crippen molar-refractivity contribution in [3.05, 3.63) is 62.9 Å². The first-order valence-electron chi connectivity index (χ1n) is 5.42. The number of nitrogens with one attached hydrogen (secondary N) is 1. The molecule has 7 heteroatoms. The van der Waals surface area contributed by atoms with Gasteiger partial charge in [-0.15, -0.1) is 0 Å². The van der Waals surface area contributed by atoms with Crippen LogP contribution in [0.4, 0.5) is 21.5 Å². The molecule has 5 nitrogen and oxygen atoms in total. The fourth-order valence-electron chi connectivity index (χ4n) is 1.58. The second-order valence-electron chi connectivity index (χ2n) is 3.85. The van der Waals surface area contributed by atoms with E-state index in [9.17, 15) is 14.5 Å². The molecule has 0 aromatic heterocycles. The molecule has 2 aromatic carbocycles. The summed E-state index contributed by atoms with van der Waals surface area (Å²) in [4.78, 5) is 10.0. The van der Waals surface area contributed by atoms with Gasteiger partial charge in [0, 0.05) is 17.8 Å². The van der Waals surface area contributed by atoms with Crippen molar-refractivity contribution in [2.24, 2.45) is 0 Å². The quantitative estimate of drug-likeness (QED) is 0.684. The third kappa shape index (κ3) is 2.84. The van der Waals surface area contributed by atoms with E-state index in [1.807, 2.05) is 6.07 Å². The van der Waals surface area contributed by atoms with Crippen molar-refractivity contribution in [2.75, 3.05) is 5.32 Å². The Hall–Kier alpha value is -2.65. The maximum Gasteiger partial charge on any atom is 0.270 e. The van der Waals surface area contributed by atoms with Crippen LogP contribution in [0.15, 0.2) is 36.4 Å². The van der Waals surface area contributed by atoms with E-state index < -0.39 is 10.7 Å². The summed E-state index contributed by atoms with van der Waals surface area (Å²) in [6.07, 6.45) is 0. The number of anilines is 2. The molecule has 0 aliphatic heterocycles. The number of nitro groups is 1. The van der Waals surface area contributed by atoms with Gasteiger partial charge in [0.15, 0.2) is 0 Å². The summed E-state index contributed by atoms with van der Waals surface area (Å²) in [5.41, 5.74) is 0.640. The summed E-state index contributed by atoms with van der Waals surface area (Å²) in [5, 5.41) is 22.4. The van der Waals surface area contributed by atoms with E-state index in [-0.39, 0.29) is 16.3 Å². The van der Waals surface area contributed by atoms with Crippen molar-refractivity contribution in [2.45, 2.75) is 0 Å². The average Bonchev–Trinajstić information content (AvgIpc) is 2.43.